The van der Waals surface area contributed by atoms with Gasteiger partial charge < -0.3 is 0 Å². The summed E-state index contributed by atoms with van der Waals surface area (Å²) in [5, 5.41) is 0. The van der Waals surface area contributed by atoms with E-state index in [1.165, 1.54) is 12.1 Å². The van der Waals surface area contributed by atoms with Gasteiger partial charge in [0.05, 0.1) is 0 Å². The molecule has 18 heavy (non-hydrogen) atoms. The molecule has 0 aliphatic carbocycles. The molecule has 0 spiro atoms. The predicted octanol–water partition coefficient (Wildman–Crippen LogP) is 4.22. The van der Waals surface area contributed by atoms with E-state index in [4.69, 9.17) is 0 Å². The van der Waals surface area contributed by atoms with E-state index >= 15 is 0 Å². The quantitative estimate of drug-likeness (QED) is 0.562. The highest BCUT2D eigenvalue weighted by molar-refractivity contribution is 5.95. The minimum Gasteiger partial charge on any atom is -0.248 e. The van der Waals surface area contributed by atoms with Gasteiger partial charge in [0.15, 0.2) is 0 Å². The molecular weight excluding hydrogens is 260 g/mol. The zero-order valence-electron chi connectivity index (χ0n) is 8.76. The number of alkyl halides is 6. The van der Waals surface area contributed by atoms with Crippen molar-refractivity contribution in [2.45, 2.75) is 12.4 Å². The van der Waals surface area contributed by atoms with Gasteiger partial charge in [0.25, 0.3) is 0 Å². The summed E-state index contributed by atoms with van der Waals surface area (Å²) in [4.78, 5) is 2.45. The lowest BCUT2D eigenvalue weighted by molar-refractivity contribution is -0.117. The van der Waals surface area contributed by atoms with Crippen LogP contribution < -0.4 is 0 Å². The summed E-state index contributed by atoms with van der Waals surface area (Å²) in [7, 11) is 0. The lowest BCUT2D eigenvalue weighted by Gasteiger charge is -2.12. The molecule has 0 atom stereocenters. The monoisotopic (exact) mass is 267 g/mol. The molecule has 0 heterocycles. The standard InChI is InChI=1S/C11H7F6N/c12-10(13,14)9(11(15,16)17)18-7-6-8-4-2-1-3-5-8/h1-7H/b7-6+. The van der Waals surface area contributed by atoms with Crippen LogP contribution in [-0.2, 0) is 0 Å². The van der Waals surface area contributed by atoms with E-state index in [-0.39, 0.29) is 0 Å². The van der Waals surface area contributed by atoms with Gasteiger partial charge in [0, 0.05) is 6.20 Å². The fraction of sp³-hybridized carbons (Fsp3) is 0.182. The Morgan fingerprint density at radius 3 is 1.83 bits per heavy atom. The normalized spacial score (nSPS) is 12.8. The Hall–Kier alpha value is -1.79. The molecule has 1 rings (SSSR count). The highest BCUT2D eigenvalue weighted by Gasteiger charge is 2.52. The molecule has 0 amide bonds. The first kappa shape index (κ1) is 14.3. The minimum atomic E-state index is -5.53. The van der Waals surface area contributed by atoms with Gasteiger partial charge in [-0.15, -0.1) is 0 Å². The molecule has 0 N–H and O–H groups in total. The summed E-state index contributed by atoms with van der Waals surface area (Å²) < 4.78 is 72.3. The number of halogens is 6. The summed E-state index contributed by atoms with van der Waals surface area (Å²) in [6, 6.07) is 7.90. The third-order valence-corrected chi connectivity index (χ3v) is 1.81. The van der Waals surface area contributed by atoms with Gasteiger partial charge >= 0.3 is 12.4 Å². The molecule has 7 heteroatoms. The molecule has 0 aliphatic heterocycles. The summed E-state index contributed by atoms with van der Waals surface area (Å²) in [6.07, 6.45) is -9.53. The molecule has 0 bridgehead atoms. The zero-order valence-corrected chi connectivity index (χ0v) is 8.76. The van der Waals surface area contributed by atoms with Crippen molar-refractivity contribution in [2.75, 3.05) is 0 Å². The molecule has 1 nitrogen and oxygen atoms in total. The Bertz CT molecular complexity index is 425. The van der Waals surface area contributed by atoms with Gasteiger partial charge in [-0.2, -0.15) is 26.3 Å². The summed E-state index contributed by atoms with van der Waals surface area (Å²) in [5.41, 5.74) is -2.33. The fourth-order valence-corrected chi connectivity index (χ4v) is 1.07. The van der Waals surface area contributed by atoms with Crippen LogP contribution in [0.25, 0.3) is 6.08 Å². The first-order valence-electron chi connectivity index (χ1n) is 4.65. The average Bonchev–Trinajstić information content (AvgIpc) is 2.22. The zero-order chi connectivity index (χ0) is 13.8. The van der Waals surface area contributed by atoms with Gasteiger partial charge in [-0.3, -0.25) is 0 Å². The van der Waals surface area contributed by atoms with Crippen LogP contribution in [0.4, 0.5) is 26.3 Å². The van der Waals surface area contributed by atoms with Crippen LogP contribution in [0, 0.1) is 0 Å². The molecule has 98 valence electrons. The molecule has 0 aliphatic rings. The van der Waals surface area contributed by atoms with E-state index in [1.807, 2.05) is 0 Å². The molecule has 0 saturated carbocycles. The van der Waals surface area contributed by atoms with Gasteiger partial charge in [-0.1, -0.05) is 30.3 Å². The van der Waals surface area contributed by atoms with Crippen molar-refractivity contribution in [1.82, 2.24) is 0 Å². The van der Waals surface area contributed by atoms with Crippen molar-refractivity contribution in [1.29, 1.82) is 0 Å². The Morgan fingerprint density at radius 1 is 0.889 bits per heavy atom. The van der Waals surface area contributed by atoms with Crippen molar-refractivity contribution < 1.29 is 26.3 Å². The van der Waals surface area contributed by atoms with Crippen LogP contribution >= 0.6 is 0 Å². The van der Waals surface area contributed by atoms with Gasteiger partial charge in [-0.05, 0) is 11.6 Å². The first-order valence-corrected chi connectivity index (χ1v) is 4.65. The number of benzene rings is 1. The van der Waals surface area contributed by atoms with Crippen LogP contribution in [0.15, 0.2) is 41.5 Å². The molecule has 0 unspecified atom stereocenters. The molecule has 0 fully saturated rings. The molecule has 1 aromatic rings. The van der Waals surface area contributed by atoms with E-state index in [0.29, 0.717) is 11.8 Å². The maximum absolute atomic E-state index is 12.1. The van der Waals surface area contributed by atoms with E-state index in [1.54, 1.807) is 18.2 Å². The smallest absolute Gasteiger partial charge is 0.248 e. The second-order valence-corrected chi connectivity index (χ2v) is 3.20. The number of rotatable bonds is 2. The second-order valence-electron chi connectivity index (χ2n) is 3.20. The van der Waals surface area contributed by atoms with Crippen LogP contribution in [0.1, 0.15) is 5.56 Å². The average molecular weight is 267 g/mol. The first-order chi connectivity index (χ1) is 8.21. The number of hydrogen-bond acceptors (Lipinski definition) is 1. The third-order valence-electron chi connectivity index (χ3n) is 1.81. The molecule has 1 aromatic carbocycles. The summed E-state index contributed by atoms with van der Waals surface area (Å²) in [5.74, 6) is 0. The maximum atomic E-state index is 12.1. The lowest BCUT2D eigenvalue weighted by atomic mass is 10.2. The maximum Gasteiger partial charge on any atom is 0.438 e. The van der Waals surface area contributed by atoms with Crippen LogP contribution in [0.3, 0.4) is 0 Å². The molecule has 0 radical (unpaired) electrons. The second kappa shape index (κ2) is 5.24. The van der Waals surface area contributed by atoms with Gasteiger partial charge in [0.2, 0.25) is 5.71 Å². The Balaban J connectivity index is 2.96. The van der Waals surface area contributed by atoms with E-state index in [2.05, 4.69) is 4.99 Å². The van der Waals surface area contributed by atoms with Crippen molar-refractivity contribution in [3.63, 3.8) is 0 Å². The molecule has 0 aromatic heterocycles. The number of nitrogens with zero attached hydrogens (tertiary/aromatic N) is 1. The molecule has 0 saturated heterocycles. The van der Waals surface area contributed by atoms with Gasteiger partial charge in [0.1, 0.15) is 0 Å². The fourth-order valence-electron chi connectivity index (χ4n) is 1.07. The van der Waals surface area contributed by atoms with Crippen molar-refractivity contribution in [3.05, 3.63) is 42.1 Å². The SMILES string of the molecule is FC(F)(F)C(=N/C=C/c1ccccc1)C(F)(F)F. The predicted molar refractivity (Wildman–Crippen MR) is 55.0 cm³/mol. The minimum absolute atomic E-state index is 0.449. The highest BCUT2D eigenvalue weighted by atomic mass is 19.4. The van der Waals surface area contributed by atoms with Crippen molar-refractivity contribution in [3.8, 4) is 0 Å². The Kier molecular flexibility index (Phi) is 4.15. The third kappa shape index (κ3) is 4.23. The lowest BCUT2D eigenvalue weighted by Crippen LogP contribution is -2.36. The Labute approximate surface area is 98.5 Å². The van der Waals surface area contributed by atoms with E-state index in [9.17, 15) is 26.3 Å². The topological polar surface area (TPSA) is 12.4 Å². The van der Waals surface area contributed by atoms with Crippen LogP contribution in [0.5, 0.6) is 0 Å². The van der Waals surface area contributed by atoms with Crippen molar-refractivity contribution in [2.24, 2.45) is 4.99 Å². The van der Waals surface area contributed by atoms with Crippen molar-refractivity contribution >= 4 is 11.8 Å². The summed E-state index contributed by atoms with van der Waals surface area (Å²) in [6.45, 7) is 0. The number of hydrogen-bond donors (Lipinski definition) is 0. The van der Waals surface area contributed by atoms with E-state index in [0.717, 1.165) is 6.08 Å². The van der Waals surface area contributed by atoms with Crippen LogP contribution in [0.2, 0.25) is 0 Å². The highest BCUT2D eigenvalue weighted by Crippen LogP contribution is 2.30. The Morgan fingerprint density at radius 2 is 1.39 bits per heavy atom. The van der Waals surface area contributed by atoms with Gasteiger partial charge in [-0.25, -0.2) is 4.99 Å². The van der Waals surface area contributed by atoms with E-state index < -0.39 is 18.1 Å². The van der Waals surface area contributed by atoms with Crippen LogP contribution in [-0.4, -0.2) is 18.1 Å². The largest absolute Gasteiger partial charge is 0.438 e. The summed E-state index contributed by atoms with van der Waals surface area (Å²) >= 11 is 0. The molecular formula is C11H7F6N. The number of aliphatic imine (C=N–C) groups is 1.